The van der Waals surface area contributed by atoms with Gasteiger partial charge in [-0.25, -0.2) is 4.79 Å². The van der Waals surface area contributed by atoms with E-state index in [1.807, 2.05) is 30.5 Å². The van der Waals surface area contributed by atoms with Crippen LogP contribution in [0.5, 0.6) is 5.75 Å². The maximum atomic E-state index is 12.1. The molecule has 0 fully saturated rings. The highest BCUT2D eigenvalue weighted by molar-refractivity contribution is 7.12. The van der Waals surface area contributed by atoms with Gasteiger partial charge >= 0.3 is 5.97 Å². The number of ether oxygens (including phenoxy) is 1. The van der Waals surface area contributed by atoms with Gasteiger partial charge in [-0.15, -0.1) is 11.3 Å². The zero-order valence-corrected chi connectivity index (χ0v) is 16.1. The van der Waals surface area contributed by atoms with Crippen LogP contribution in [0.25, 0.3) is 0 Å². The van der Waals surface area contributed by atoms with E-state index in [1.165, 1.54) is 11.3 Å². The van der Waals surface area contributed by atoms with Crippen LogP contribution in [0.2, 0.25) is 5.02 Å². The summed E-state index contributed by atoms with van der Waals surface area (Å²) in [6.07, 6.45) is 0. The van der Waals surface area contributed by atoms with E-state index in [4.69, 9.17) is 26.9 Å². The number of carbonyl (C=O) groups excluding carboxylic acids is 1. The number of hydrogen-bond acceptors (Lipinski definition) is 5. The number of halogens is 1. The topological polar surface area (TPSA) is 73.9 Å². The third-order valence-corrected chi connectivity index (χ3v) is 4.88. The third-order valence-electron chi connectivity index (χ3n) is 3.67. The highest BCUT2D eigenvalue weighted by atomic mass is 35.5. The molecule has 0 atom stereocenters. The summed E-state index contributed by atoms with van der Waals surface area (Å²) in [5.41, 5.74) is 8.09. The predicted octanol–water partition coefficient (Wildman–Crippen LogP) is 4.77. The second kappa shape index (κ2) is 8.70. The molecule has 0 aliphatic carbocycles. The van der Waals surface area contributed by atoms with E-state index >= 15 is 0 Å². The normalized spacial score (nSPS) is 11.3. The van der Waals surface area contributed by atoms with Gasteiger partial charge in [-0.1, -0.05) is 41.0 Å². The van der Waals surface area contributed by atoms with Gasteiger partial charge in [-0.05, 0) is 53.8 Å². The summed E-state index contributed by atoms with van der Waals surface area (Å²) < 4.78 is 5.74. The minimum Gasteiger partial charge on any atom is -0.487 e. The van der Waals surface area contributed by atoms with E-state index < -0.39 is 5.97 Å². The predicted molar refractivity (Wildman–Crippen MR) is 107 cm³/mol. The van der Waals surface area contributed by atoms with E-state index in [-0.39, 0.29) is 5.84 Å². The van der Waals surface area contributed by atoms with Crippen molar-refractivity contribution in [3.8, 4) is 5.75 Å². The van der Waals surface area contributed by atoms with Crippen molar-refractivity contribution >= 4 is 34.7 Å². The van der Waals surface area contributed by atoms with E-state index in [9.17, 15) is 4.79 Å². The summed E-state index contributed by atoms with van der Waals surface area (Å²) in [5, 5.41) is 6.10. The fraction of sp³-hybridized carbons (Fsp3) is 0.100. The lowest BCUT2D eigenvalue weighted by molar-refractivity contribution is 0.0516. The van der Waals surface area contributed by atoms with Gasteiger partial charge in [-0.3, -0.25) is 0 Å². The molecule has 7 heteroatoms. The smallest absolute Gasteiger partial charge is 0.365 e. The van der Waals surface area contributed by atoms with Crippen molar-refractivity contribution in [2.24, 2.45) is 10.9 Å². The molecule has 27 heavy (non-hydrogen) atoms. The first kappa shape index (κ1) is 18.9. The molecule has 138 valence electrons. The van der Waals surface area contributed by atoms with Crippen molar-refractivity contribution in [2.75, 3.05) is 0 Å². The van der Waals surface area contributed by atoms with Gasteiger partial charge in [0.1, 0.15) is 12.4 Å². The number of oxime groups is 1. The van der Waals surface area contributed by atoms with Crippen LogP contribution in [0, 0.1) is 6.92 Å². The molecule has 0 unspecified atom stereocenters. The van der Waals surface area contributed by atoms with Crippen LogP contribution >= 0.6 is 22.9 Å². The molecule has 0 saturated heterocycles. The number of amidine groups is 1. The summed E-state index contributed by atoms with van der Waals surface area (Å²) in [6, 6.07) is 16.1. The number of aryl methyl sites for hydroxylation is 1. The van der Waals surface area contributed by atoms with Gasteiger partial charge in [0.05, 0.1) is 15.5 Å². The van der Waals surface area contributed by atoms with E-state index in [0.29, 0.717) is 22.9 Å². The number of benzene rings is 2. The summed E-state index contributed by atoms with van der Waals surface area (Å²) in [6.45, 7) is 2.30. The number of rotatable bonds is 6. The number of nitrogens with zero attached hydrogens (tertiary/aromatic N) is 1. The summed E-state index contributed by atoms with van der Waals surface area (Å²) in [4.78, 5) is 17.7. The minimum absolute atomic E-state index is 0.165. The van der Waals surface area contributed by atoms with E-state index in [0.717, 1.165) is 16.0 Å². The highest BCUT2D eigenvalue weighted by Gasteiger charge is 2.09. The standard InChI is InChI=1S/C20H17ClN2O3S/c1-13-4-9-16(21)17(11-13)25-12-14-5-7-15(8-6-14)20(24)26-23-19(22)18-3-2-10-27-18/h2-11H,12H2,1H3,(H2,22,23). The molecule has 0 aliphatic heterocycles. The lowest BCUT2D eigenvalue weighted by Crippen LogP contribution is -2.13. The highest BCUT2D eigenvalue weighted by Crippen LogP contribution is 2.26. The van der Waals surface area contributed by atoms with Crippen molar-refractivity contribution in [3.63, 3.8) is 0 Å². The average Bonchev–Trinajstić information content (AvgIpc) is 3.22. The molecule has 2 N–H and O–H groups in total. The van der Waals surface area contributed by atoms with Gasteiger partial charge in [0, 0.05) is 0 Å². The number of carbonyl (C=O) groups is 1. The maximum absolute atomic E-state index is 12.1. The first-order chi connectivity index (χ1) is 13.0. The molecule has 0 spiro atoms. The van der Waals surface area contributed by atoms with Crippen LogP contribution < -0.4 is 10.5 Å². The van der Waals surface area contributed by atoms with Crippen molar-refractivity contribution in [2.45, 2.75) is 13.5 Å². The second-order valence-electron chi connectivity index (χ2n) is 5.75. The average molecular weight is 401 g/mol. The zero-order chi connectivity index (χ0) is 19.2. The first-order valence-electron chi connectivity index (χ1n) is 8.09. The molecule has 1 heterocycles. The van der Waals surface area contributed by atoms with Crippen LogP contribution in [-0.4, -0.2) is 11.8 Å². The van der Waals surface area contributed by atoms with Crippen LogP contribution in [0.4, 0.5) is 0 Å². The largest absolute Gasteiger partial charge is 0.487 e. The lowest BCUT2D eigenvalue weighted by atomic mass is 10.1. The summed E-state index contributed by atoms with van der Waals surface area (Å²) >= 11 is 7.53. The fourth-order valence-corrected chi connectivity index (χ4v) is 3.02. The van der Waals surface area contributed by atoms with Crippen LogP contribution in [0.3, 0.4) is 0 Å². The van der Waals surface area contributed by atoms with Gasteiger partial charge in [0.2, 0.25) is 0 Å². The molecule has 0 radical (unpaired) electrons. The molecule has 0 bridgehead atoms. The molecule has 1 aromatic heterocycles. The molecule has 3 rings (SSSR count). The molecule has 0 aliphatic rings. The second-order valence-corrected chi connectivity index (χ2v) is 7.11. The number of nitrogens with two attached hydrogens (primary N) is 1. The third kappa shape index (κ3) is 5.09. The van der Waals surface area contributed by atoms with Crippen molar-refractivity contribution < 1.29 is 14.4 Å². The van der Waals surface area contributed by atoms with Gasteiger partial charge < -0.3 is 15.3 Å². The number of hydrogen-bond donors (Lipinski definition) is 1. The monoisotopic (exact) mass is 400 g/mol. The van der Waals surface area contributed by atoms with Crippen molar-refractivity contribution in [3.05, 3.63) is 86.6 Å². The van der Waals surface area contributed by atoms with Crippen LogP contribution in [-0.2, 0) is 11.4 Å². The molecule has 2 aromatic carbocycles. The molecular weight excluding hydrogens is 384 g/mol. The molecule has 0 saturated carbocycles. The Kier molecular flexibility index (Phi) is 6.11. The Morgan fingerprint density at radius 1 is 1.19 bits per heavy atom. The Morgan fingerprint density at radius 3 is 2.67 bits per heavy atom. The quantitative estimate of drug-likeness (QED) is 0.280. The first-order valence-corrected chi connectivity index (χ1v) is 9.35. The van der Waals surface area contributed by atoms with Gasteiger partial charge in [0.25, 0.3) is 0 Å². The van der Waals surface area contributed by atoms with Gasteiger partial charge in [-0.2, -0.15) is 0 Å². The number of thiophene rings is 1. The summed E-state index contributed by atoms with van der Waals surface area (Å²) in [5.74, 6) is 0.209. The molecule has 0 amide bonds. The Morgan fingerprint density at radius 2 is 1.96 bits per heavy atom. The van der Waals surface area contributed by atoms with Crippen molar-refractivity contribution in [1.82, 2.24) is 0 Å². The zero-order valence-electron chi connectivity index (χ0n) is 14.5. The fourth-order valence-electron chi connectivity index (χ4n) is 2.23. The lowest BCUT2D eigenvalue weighted by Gasteiger charge is -2.09. The van der Waals surface area contributed by atoms with Crippen molar-refractivity contribution in [1.29, 1.82) is 0 Å². The molecular formula is C20H17ClN2O3S. The Labute approximate surface area is 166 Å². The Bertz CT molecular complexity index is 954. The van der Waals surface area contributed by atoms with Gasteiger partial charge in [0.15, 0.2) is 5.84 Å². The van der Waals surface area contributed by atoms with Crippen LogP contribution in [0.15, 0.2) is 65.1 Å². The maximum Gasteiger partial charge on any atom is 0.365 e. The molecule has 3 aromatic rings. The van der Waals surface area contributed by atoms with Crippen LogP contribution in [0.1, 0.15) is 26.4 Å². The summed E-state index contributed by atoms with van der Waals surface area (Å²) in [7, 11) is 0. The Hall–Kier alpha value is -2.83. The van der Waals surface area contributed by atoms with E-state index in [1.54, 1.807) is 36.4 Å². The SMILES string of the molecule is Cc1ccc(Cl)c(OCc2ccc(C(=O)O/N=C(\N)c3cccs3)cc2)c1. The molecule has 5 nitrogen and oxygen atoms in total. The van der Waals surface area contributed by atoms with E-state index in [2.05, 4.69) is 5.16 Å². The minimum atomic E-state index is -0.580. The Balaban J connectivity index is 1.59.